The van der Waals surface area contributed by atoms with Crippen LogP contribution >= 0.6 is 11.6 Å². The Morgan fingerprint density at radius 1 is 1.12 bits per heavy atom. The number of hydrogen-bond acceptors (Lipinski definition) is 5. The molecular weight excluding hydrogens is 461 g/mol. The number of methoxy groups -OCH3 is 1. The van der Waals surface area contributed by atoms with Gasteiger partial charge >= 0.3 is 12.1 Å². The van der Waals surface area contributed by atoms with Gasteiger partial charge in [-0.3, -0.25) is 4.79 Å². The standard InChI is InChI=1S/C26H33ClFNO5/c1-6-33-24(30)19(16-32-5)14-21(29-25(31)34-26(2,3)4)13-17-7-9-18(10-8-17)22-15-20(27)11-12-23(22)28/h7-12,15,19,21H,6,13-14,16H2,1-5H3,(H,29,31). The van der Waals surface area contributed by atoms with Crippen LogP contribution in [0.1, 0.15) is 39.7 Å². The van der Waals surface area contributed by atoms with Gasteiger partial charge in [0.15, 0.2) is 0 Å². The van der Waals surface area contributed by atoms with E-state index in [0.717, 1.165) is 5.56 Å². The van der Waals surface area contributed by atoms with Crippen molar-refractivity contribution in [1.82, 2.24) is 5.32 Å². The van der Waals surface area contributed by atoms with E-state index in [1.807, 2.05) is 12.1 Å². The Balaban J connectivity index is 2.23. The van der Waals surface area contributed by atoms with E-state index in [1.165, 1.54) is 19.2 Å². The van der Waals surface area contributed by atoms with Gasteiger partial charge in [0.2, 0.25) is 0 Å². The van der Waals surface area contributed by atoms with Crippen LogP contribution in [0.5, 0.6) is 0 Å². The van der Waals surface area contributed by atoms with Crippen molar-refractivity contribution in [2.24, 2.45) is 5.92 Å². The van der Waals surface area contributed by atoms with Crippen LogP contribution in [-0.4, -0.2) is 44.0 Å². The maximum Gasteiger partial charge on any atom is 0.407 e. The zero-order valence-corrected chi connectivity index (χ0v) is 21.1. The summed E-state index contributed by atoms with van der Waals surface area (Å²) in [5.41, 5.74) is 1.33. The Morgan fingerprint density at radius 3 is 2.38 bits per heavy atom. The van der Waals surface area contributed by atoms with Crippen molar-refractivity contribution < 1.29 is 28.2 Å². The molecule has 0 saturated heterocycles. The quantitative estimate of drug-likeness (QED) is 0.423. The van der Waals surface area contributed by atoms with E-state index in [2.05, 4.69) is 5.32 Å². The Labute approximate surface area is 205 Å². The molecule has 0 bridgehead atoms. The van der Waals surface area contributed by atoms with Crippen LogP contribution in [-0.2, 0) is 25.4 Å². The molecule has 0 aliphatic rings. The maximum absolute atomic E-state index is 14.2. The third-order valence-corrected chi connectivity index (χ3v) is 5.19. The molecule has 2 aromatic carbocycles. The molecule has 2 aromatic rings. The molecular formula is C26H33ClFNO5. The predicted octanol–water partition coefficient (Wildman–Crippen LogP) is 5.80. The minimum atomic E-state index is -0.662. The van der Waals surface area contributed by atoms with Crippen LogP contribution in [0.4, 0.5) is 9.18 Å². The number of benzene rings is 2. The number of carbonyl (C=O) groups excluding carboxylic acids is 2. The van der Waals surface area contributed by atoms with Crippen LogP contribution < -0.4 is 5.32 Å². The van der Waals surface area contributed by atoms with Crippen molar-refractivity contribution in [2.45, 2.75) is 52.2 Å². The van der Waals surface area contributed by atoms with Crippen molar-refractivity contribution in [3.05, 3.63) is 58.9 Å². The smallest absolute Gasteiger partial charge is 0.407 e. The molecule has 2 rings (SSSR count). The number of rotatable bonds is 10. The molecule has 186 valence electrons. The second-order valence-corrected chi connectivity index (χ2v) is 9.44. The number of hydrogen-bond donors (Lipinski definition) is 1. The first-order valence-electron chi connectivity index (χ1n) is 11.2. The van der Waals surface area contributed by atoms with Crippen molar-refractivity contribution in [3.63, 3.8) is 0 Å². The molecule has 0 radical (unpaired) electrons. The van der Waals surface area contributed by atoms with E-state index in [1.54, 1.807) is 45.9 Å². The molecule has 0 aromatic heterocycles. The lowest BCUT2D eigenvalue weighted by atomic mass is 9.94. The molecule has 2 atom stereocenters. The van der Waals surface area contributed by atoms with Crippen molar-refractivity contribution in [1.29, 1.82) is 0 Å². The van der Waals surface area contributed by atoms with Crippen LogP contribution in [0.15, 0.2) is 42.5 Å². The lowest BCUT2D eigenvalue weighted by Crippen LogP contribution is -2.42. The lowest BCUT2D eigenvalue weighted by Gasteiger charge is -2.26. The summed E-state index contributed by atoms with van der Waals surface area (Å²) in [6, 6.07) is 11.3. The highest BCUT2D eigenvalue weighted by Crippen LogP contribution is 2.27. The highest BCUT2D eigenvalue weighted by molar-refractivity contribution is 6.30. The van der Waals surface area contributed by atoms with E-state index >= 15 is 0 Å². The van der Waals surface area contributed by atoms with E-state index in [4.69, 9.17) is 25.8 Å². The third-order valence-electron chi connectivity index (χ3n) is 4.95. The number of amides is 1. The van der Waals surface area contributed by atoms with Crippen molar-refractivity contribution in [2.75, 3.05) is 20.3 Å². The van der Waals surface area contributed by atoms with Gasteiger partial charge in [-0.05, 0) is 69.9 Å². The second-order valence-electron chi connectivity index (χ2n) is 9.01. The molecule has 1 N–H and O–H groups in total. The van der Waals surface area contributed by atoms with Gasteiger partial charge in [-0.15, -0.1) is 0 Å². The fourth-order valence-electron chi connectivity index (χ4n) is 3.53. The minimum Gasteiger partial charge on any atom is -0.466 e. The van der Waals surface area contributed by atoms with Gasteiger partial charge < -0.3 is 19.5 Å². The molecule has 0 fully saturated rings. The van der Waals surface area contributed by atoms with Gasteiger partial charge in [-0.1, -0.05) is 35.9 Å². The number of nitrogens with one attached hydrogen (secondary N) is 1. The molecule has 8 heteroatoms. The SMILES string of the molecule is CCOC(=O)C(COC)CC(Cc1ccc(-c2cc(Cl)ccc2F)cc1)NC(=O)OC(C)(C)C. The molecule has 0 aliphatic carbocycles. The molecule has 0 aliphatic heterocycles. The highest BCUT2D eigenvalue weighted by Gasteiger charge is 2.27. The minimum absolute atomic E-state index is 0.165. The molecule has 6 nitrogen and oxygen atoms in total. The van der Waals surface area contributed by atoms with Crippen molar-refractivity contribution in [3.8, 4) is 11.1 Å². The summed E-state index contributed by atoms with van der Waals surface area (Å²) in [4.78, 5) is 24.9. The van der Waals surface area contributed by atoms with Crippen LogP contribution in [0, 0.1) is 11.7 Å². The average molecular weight is 494 g/mol. The Hall–Kier alpha value is -2.64. The predicted molar refractivity (Wildman–Crippen MR) is 130 cm³/mol. The van der Waals surface area contributed by atoms with Gasteiger partial charge in [0.1, 0.15) is 11.4 Å². The summed E-state index contributed by atoms with van der Waals surface area (Å²) in [6.07, 6.45) is 0.156. The van der Waals surface area contributed by atoms with Gasteiger partial charge in [-0.2, -0.15) is 0 Å². The number of ether oxygens (including phenoxy) is 3. The summed E-state index contributed by atoms with van der Waals surface area (Å²) in [6.45, 7) is 7.50. The fourth-order valence-corrected chi connectivity index (χ4v) is 3.70. The third kappa shape index (κ3) is 8.95. The number of carbonyl (C=O) groups is 2. The number of halogens is 2. The van der Waals surface area contributed by atoms with E-state index in [-0.39, 0.29) is 25.0 Å². The summed E-state index contributed by atoms with van der Waals surface area (Å²) in [5.74, 6) is -1.30. The first-order chi connectivity index (χ1) is 16.0. The van der Waals surface area contributed by atoms with Crippen LogP contribution in [0.2, 0.25) is 5.02 Å². The zero-order chi connectivity index (χ0) is 25.3. The number of esters is 1. The van der Waals surface area contributed by atoms with E-state index < -0.39 is 23.7 Å². The molecule has 0 spiro atoms. The van der Waals surface area contributed by atoms with Crippen LogP contribution in [0.3, 0.4) is 0 Å². The molecule has 0 saturated carbocycles. The molecule has 34 heavy (non-hydrogen) atoms. The highest BCUT2D eigenvalue weighted by atomic mass is 35.5. The molecule has 2 unspecified atom stereocenters. The molecule has 1 amide bonds. The Kier molecular flexibility index (Phi) is 10.3. The first-order valence-corrected chi connectivity index (χ1v) is 11.6. The topological polar surface area (TPSA) is 73.9 Å². The molecule has 0 heterocycles. The van der Waals surface area contributed by atoms with Crippen molar-refractivity contribution >= 4 is 23.7 Å². The fraction of sp³-hybridized carbons (Fsp3) is 0.462. The summed E-state index contributed by atoms with van der Waals surface area (Å²) in [5, 5.41) is 3.32. The number of alkyl carbamates (subject to hydrolysis) is 1. The van der Waals surface area contributed by atoms with E-state index in [9.17, 15) is 14.0 Å². The summed E-state index contributed by atoms with van der Waals surface area (Å²) in [7, 11) is 1.51. The van der Waals surface area contributed by atoms with Gasteiger partial charge in [0.25, 0.3) is 0 Å². The maximum atomic E-state index is 14.2. The Bertz CT molecular complexity index is 959. The zero-order valence-electron chi connectivity index (χ0n) is 20.3. The van der Waals surface area contributed by atoms with Crippen LogP contribution in [0.25, 0.3) is 11.1 Å². The first kappa shape index (κ1) is 27.6. The lowest BCUT2D eigenvalue weighted by molar-refractivity contribution is -0.150. The monoisotopic (exact) mass is 493 g/mol. The Morgan fingerprint density at radius 2 is 1.79 bits per heavy atom. The normalized spacial score (nSPS) is 13.1. The summed E-state index contributed by atoms with van der Waals surface area (Å²) < 4.78 is 30.0. The largest absolute Gasteiger partial charge is 0.466 e. The summed E-state index contributed by atoms with van der Waals surface area (Å²) >= 11 is 6.02. The van der Waals surface area contributed by atoms with Gasteiger partial charge in [0, 0.05) is 23.7 Å². The van der Waals surface area contributed by atoms with Gasteiger partial charge in [-0.25, -0.2) is 9.18 Å². The average Bonchev–Trinajstić information content (AvgIpc) is 2.74. The second kappa shape index (κ2) is 12.7. The van der Waals surface area contributed by atoms with E-state index in [0.29, 0.717) is 29.0 Å². The van der Waals surface area contributed by atoms with Gasteiger partial charge in [0.05, 0.1) is 19.1 Å².